The van der Waals surface area contributed by atoms with Gasteiger partial charge in [-0.3, -0.25) is 0 Å². The third-order valence-electron chi connectivity index (χ3n) is 1.82. The zero-order valence-corrected chi connectivity index (χ0v) is 11.4. The summed E-state index contributed by atoms with van der Waals surface area (Å²) < 4.78 is 22.1. The Balaban J connectivity index is 2.96. The molecule has 0 spiro atoms. The fraction of sp³-hybridized carbons (Fsp3) is 0.200. The van der Waals surface area contributed by atoms with Gasteiger partial charge in [0.2, 0.25) is 17.4 Å². The molecule has 1 heterocycles. The number of carbonyl (C=O) groups is 2. The van der Waals surface area contributed by atoms with E-state index in [0.717, 1.165) is 0 Å². The van der Waals surface area contributed by atoms with Gasteiger partial charge in [0.05, 0.1) is 0 Å². The minimum atomic E-state index is -1.03. The highest BCUT2D eigenvalue weighted by molar-refractivity contribution is 7.14. The zero-order valence-electron chi connectivity index (χ0n) is 10.6. The highest BCUT2D eigenvalue weighted by Gasteiger charge is 2.24. The lowest BCUT2D eigenvalue weighted by Crippen LogP contribution is -2.21. The molecular weight excluding hydrogens is 304 g/mol. The molecule has 0 unspecified atom stereocenters. The fourth-order valence-corrected chi connectivity index (χ4v) is 1.59. The summed E-state index contributed by atoms with van der Waals surface area (Å²) in [7, 11) is 4.59. The summed E-state index contributed by atoms with van der Waals surface area (Å²) in [6.45, 7) is 2.53. The first-order chi connectivity index (χ1) is 9.99. The van der Waals surface area contributed by atoms with Gasteiger partial charge in [-0.25, -0.2) is 14.6 Å². The minimum absolute atomic E-state index is 0.118. The number of oxime groups is 1. The smallest absolute Gasteiger partial charge is 0.378 e. The van der Waals surface area contributed by atoms with Crippen LogP contribution in [0, 0.1) is 5.13 Å². The van der Waals surface area contributed by atoms with Crippen molar-refractivity contribution >= 4 is 42.2 Å². The molecule has 0 aromatic carbocycles. The van der Waals surface area contributed by atoms with Gasteiger partial charge in [0.25, 0.3) is 0 Å². The second-order valence-electron chi connectivity index (χ2n) is 3.26. The van der Waals surface area contributed by atoms with E-state index >= 15 is 0 Å². The van der Waals surface area contributed by atoms with Gasteiger partial charge in [0, 0.05) is 0 Å². The van der Waals surface area contributed by atoms with Gasteiger partial charge >= 0.3 is 20.0 Å². The maximum absolute atomic E-state index is 13.6. The summed E-state index contributed by atoms with van der Waals surface area (Å²) in [4.78, 5) is 30.6. The van der Waals surface area contributed by atoms with E-state index < -0.39 is 35.1 Å². The van der Waals surface area contributed by atoms with E-state index in [1.165, 1.54) is 6.08 Å². The van der Waals surface area contributed by atoms with Gasteiger partial charge in [-0.1, -0.05) is 29.1 Å². The average molecular weight is 313 g/mol. The molecule has 8 nitrogen and oxygen atoms in total. The van der Waals surface area contributed by atoms with Crippen LogP contribution in [0.3, 0.4) is 0 Å². The second-order valence-corrected chi connectivity index (χ2v) is 4.25. The standard InChI is InChI=1S/C10H9BFN3O5S/c1-2-3-18-9(17)7(15-19-4-5(16)20-11)6-8(12)21-10(13)14-6/h2H,1,3-4H2,(H2,13,14)/b15-7-. The molecule has 0 aliphatic rings. The predicted molar refractivity (Wildman–Crippen MR) is 72.0 cm³/mol. The average Bonchev–Trinajstić information content (AvgIpc) is 2.79. The van der Waals surface area contributed by atoms with Crippen LogP contribution in [-0.4, -0.2) is 43.9 Å². The molecule has 2 N–H and O–H groups in total. The van der Waals surface area contributed by atoms with Crippen LogP contribution >= 0.6 is 11.3 Å². The van der Waals surface area contributed by atoms with Crippen molar-refractivity contribution in [1.29, 1.82) is 0 Å². The van der Waals surface area contributed by atoms with E-state index in [-0.39, 0.29) is 11.7 Å². The Morgan fingerprint density at radius 1 is 1.57 bits per heavy atom. The number of carbonyl (C=O) groups excluding carboxylic acids is 2. The lowest BCUT2D eigenvalue weighted by molar-refractivity contribution is -0.140. The molecule has 0 atom stereocenters. The van der Waals surface area contributed by atoms with Crippen LogP contribution < -0.4 is 5.73 Å². The lowest BCUT2D eigenvalue weighted by atomic mass is 10.3. The molecule has 0 aliphatic carbocycles. The Morgan fingerprint density at radius 3 is 2.81 bits per heavy atom. The number of aromatic nitrogens is 1. The molecule has 2 radical (unpaired) electrons. The lowest BCUT2D eigenvalue weighted by Gasteiger charge is -2.04. The molecular formula is C10H9BFN3O5S. The van der Waals surface area contributed by atoms with Gasteiger partial charge in [-0.15, -0.1) is 0 Å². The van der Waals surface area contributed by atoms with Crippen LogP contribution in [0.5, 0.6) is 0 Å². The van der Waals surface area contributed by atoms with Crippen LogP contribution in [0.4, 0.5) is 9.52 Å². The first kappa shape index (κ1) is 16.6. The molecule has 0 amide bonds. The first-order valence-electron chi connectivity index (χ1n) is 5.29. The topological polar surface area (TPSA) is 113 Å². The van der Waals surface area contributed by atoms with Crippen LogP contribution in [0.15, 0.2) is 17.8 Å². The summed E-state index contributed by atoms with van der Waals surface area (Å²) in [6, 6.07) is 0. The summed E-state index contributed by atoms with van der Waals surface area (Å²) in [5.41, 5.74) is 4.29. The number of nitrogen functional groups attached to an aromatic ring is 1. The maximum Gasteiger partial charge on any atom is 0.378 e. The molecule has 110 valence electrons. The number of halogens is 1. The van der Waals surface area contributed by atoms with Gasteiger partial charge in [0.1, 0.15) is 12.3 Å². The van der Waals surface area contributed by atoms with E-state index in [1.54, 1.807) is 0 Å². The summed E-state index contributed by atoms with van der Waals surface area (Å²) in [5.74, 6) is -1.98. The number of ether oxygens (including phenoxy) is 1. The zero-order chi connectivity index (χ0) is 15.8. The Labute approximate surface area is 123 Å². The molecule has 0 bridgehead atoms. The third-order valence-corrected chi connectivity index (χ3v) is 2.49. The molecule has 21 heavy (non-hydrogen) atoms. The van der Waals surface area contributed by atoms with Crippen molar-refractivity contribution in [2.24, 2.45) is 5.16 Å². The molecule has 1 aromatic heterocycles. The summed E-state index contributed by atoms with van der Waals surface area (Å²) >= 11 is 0.507. The Kier molecular flexibility index (Phi) is 6.33. The SMILES string of the molecule is [B]OC(=O)CO/N=C(\C(=O)OCC=C)c1nc(N)sc1F. The van der Waals surface area contributed by atoms with E-state index in [1.807, 2.05) is 0 Å². The summed E-state index contributed by atoms with van der Waals surface area (Å²) in [5, 5.41) is 2.34. The Hall–Kier alpha value is -2.43. The van der Waals surface area contributed by atoms with Gasteiger partial charge in [-0.2, -0.15) is 4.39 Å². The van der Waals surface area contributed by atoms with E-state index in [2.05, 4.69) is 34.3 Å². The van der Waals surface area contributed by atoms with Gasteiger partial charge in [-0.05, 0) is 0 Å². The minimum Gasteiger partial charge on any atom is -0.541 e. The quantitative estimate of drug-likeness (QED) is 0.247. The van der Waals surface area contributed by atoms with E-state index in [9.17, 15) is 14.0 Å². The van der Waals surface area contributed by atoms with Crippen molar-refractivity contribution < 1.29 is 28.2 Å². The van der Waals surface area contributed by atoms with Crippen molar-refractivity contribution in [1.82, 2.24) is 4.98 Å². The largest absolute Gasteiger partial charge is 0.541 e. The number of anilines is 1. The first-order valence-corrected chi connectivity index (χ1v) is 6.11. The van der Waals surface area contributed by atoms with Crippen molar-refractivity contribution in [2.75, 3.05) is 18.9 Å². The fourth-order valence-electron chi connectivity index (χ4n) is 1.03. The van der Waals surface area contributed by atoms with E-state index in [0.29, 0.717) is 11.3 Å². The number of rotatable bonds is 7. The second kappa shape index (κ2) is 7.99. The van der Waals surface area contributed by atoms with Crippen molar-refractivity contribution in [3.63, 3.8) is 0 Å². The number of nitrogens with two attached hydrogens (primary N) is 1. The number of hydrogen-bond donors (Lipinski definition) is 1. The van der Waals surface area contributed by atoms with Gasteiger partial charge in [0.15, 0.2) is 5.13 Å². The number of esters is 1. The van der Waals surface area contributed by atoms with Crippen molar-refractivity contribution in [3.05, 3.63) is 23.5 Å². The monoisotopic (exact) mass is 313 g/mol. The maximum atomic E-state index is 13.6. The van der Waals surface area contributed by atoms with Crippen LogP contribution in [-0.2, 0) is 23.8 Å². The summed E-state index contributed by atoms with van der Waals surface area (Å²) in [6.07, 6.45) is 1.30. The highest BCUT2D eigenvalue weighted by atomic mass is 32.1. The normalized spacial score (nSPS) is 10.8. The molecule has 0 saturated heterocycles. The van der Waals surface area contributed by atoms with E-state index in [4.69, 9.17) is 10.5 Å². The van der Waals surface area contributed by atoms with Crippen molar-refractivity contribution in [2.45, 2.75) is 0 Å². The number of hydrogen-bond acceptors (Lipinski definition) is 9. The molecule has 0 aliphatic heterocycles. The highest BCUT2D eigenvalue weighted by Crippen LogP contribution is 2.19. The molecule has 1 rings (SSSR count). The Morgan fingerprint density at radius 2 is 2.29 bits per heavy atom. The predicted octanol–water partition coefficient (Wildman–Crippen LogP) is -0.0590. The third kappa shape index (κ3) is 4.87. The molecule has 0 saturated carbocycles. The molecule has 11 heteroatoms. The van der Waals surface area contributed by atoms with Crippen LogP contribution in [0.2, 0.25) is 0 Å². The number of nitrogens with zero attached hydrogens (tertiary/aromatic N) is 2. The van der Waals surface area contributed by atoms with Crippen LogP contribution in [0.25, 0.3) is 0 Å². The Bertz CT molecular complexity index is 577. The number of thiazole rings is 1. The molecule has 1 aromatic rings. The van der Waals surface area contributed by atoms with Crippen LogP contribution in [0.1, 0.15) is 5.69 Å². The van der Waals surface area contributed by atoms with Crippen molar-refractivity contribution in [3.8, 4) is 0 Å². The van der Waals surface area contributed by atoms with Gasteiger partial charge < -0.3 is 20.0 Å². The molecule has 0 fully saturated rings.